The molecule has 0 aliphatic carbocycles. The molecule has 0 bridgehead atoms. The third-order valence-corrected chi connectivity index (χ3v) is 3.24. The molecule has 1 saturated heterocycles. The molecule has 17 heavy (non-hydrogen) atoms. The van der Waals surface area contributed by atoms with Crippen molar-refractivity contribution in [2.24, 2.45) is 7.05 Å². The SMILES string of the molecule is CN1CCCC1CNC(=O)c1nn(C)cc1N. The number of hydrogen-bond acceptors (Lipinski definition) is 4. The van der Waals surface area contributed by atoms with Gasteiger partial charge in [-0.3, -0.25) is 9.48 Å². The van der Waals surface area contributed by atoms with E-state index in [1.54, 1.807) is 17.9 Å². The molecular formula is C11H19N5O. The second-order valence-corrected chi connectivity index (χ2v) is 4.59. The van der Waals surface area contributed by atoms with E-state index in [-0.39, 0.29) is 5.91 Å². The van der Waals surface area contributed by atoms with Gasteiger partial charge in [0.25, 0.3) is 5.91 Å². The third-order valence-electron chi connectivity index (χ3n) is 3.24. The molecule has 3 N–H and O–H groups in total. The zero-order chi connectivity index (χ0) is 12.4. The first-order chi connectivity index (χ1) is 8.08. The first-order valence-corrected chi connectivity index (χ1v) is 5.85. The predicted octanol–water partition coefficient (Wildman–Crippen LogP) is -0.174. The second-order valence-electron chi connectivity index (χ2n) is 4.59. The largest absolute Gasteiger partial charge is 0.396 e. The maximum Gasteiger partial charge on any atom is 0.273 e. The molecule has 6 nitrogen and oxygen atoms in total. The summed E-state index contributed by atoms with van der Waals surface area (Å²) in [5.74, 6) is -0.191. The van der Waals surface area contributed by atoms with Crippen LogP contribution in [0.3, 0.4) is 0 Å². The number of amides is 1. The minimum atomic E-state index is -0.191. The molecule has 94 valence electrons. The molecule has 1 aliphatic rings. The van der Waals surface area contributed by atoms with E-state index in [1.165, 1.54) is 6.42 Å². The van der Waals surface area contributed by atoms with Gasteiger partial charge in [-0.1, -0.05) is 0 Å². The Morgan fingerprint density at radius 1 is 1.65 bits per heavy atom. The first kappa shape index (κ1) is 11.9. The van der Waals surface area contributed by atoms with Crippen LogP contribution in [0.15, 0.2) is 6.20 Å². The maximum absolute atomic E-state index is 11.9. The van der Waals surface area contributed by atoms with Crippen LogP contribution in [0.4, 0.5) is 5.69 Å². The molecule has 0 saturated carbocycles. The molecule has 1 atom stereocenters. The highest BCUT2D eigenvalue weighted by Crippen LogP contribution is 2.14. The number of nitrogens with one attached hydrogen (secondary N) is 1. The Balaban J connectivity index is 1.91. The lowest BCUT2D eigenvalue weighted by molar-refractivity contribution is 0.0939. The van der Waals surface area contributed by atoms with Gasteiger partial charge in [0.15, 0.2) is 5.69 Å². The van der Waals surface area contributed by atoms with Gasteiger partial charge in [-0.15, -0.1) is 0 Å². The quantitative estimate of drug-likeness (QED) is 0.765. The maximum atomic E-state index is 11.9. The summed E-state index contributed by atoms with van der Waals surface area (Å²) in [6, 6.07) is 0.434. The van der Waals surface area contributed by atoms with E-state index in [0.717, 1.165) is 13.0 Å². The van der Waals surface area contributed by atoms with Crippen LogP contribution in [0.2, 0.25) is 0 Å². The van der Waals surface area contributed by atoms with Crippen LogP contribution < -0.4 is 11.1 Å². The van der Waals surface area contributed by atoms with Crippen molar-refractivity contribution in [1.29, 1.82) is 0 Å². The zero-order valence-corrected chi connectivity index (χ0v) is 10.3. The van der Waals surface area contributed by atoms with Crippen molar-refractivity contribution in [2.45, 2.75) is 18.9 Å². The lowest BCUT2D eigenvalue weighted by atomic mass is 10.2. The number of carbonyl (C=O) groups excluding carboxylic acids is 1. The number of aromatic nitrogens is 2. The van der Waals surface area contributed by atoms with Gasteiger partial charge in [0.2, 0.25) is 0 Å². The van der Waals surface area contributed by atoms with Crippen LogP contribution in [-0.2, 0) is 7.05 Å². The number of nitrogens with zero attached hydrogens (tertiary/aromatic N) is 3. The summed E-state index contributed by atoms with van der Waals surface area (Å²) in [7, 11) is 3.83. The highest BCUT2D eigenvalue weighted by Gasteiger charge is 2.22. The number of likely N-dealkylation sites (tertiary alicyclic amines) is 1. The Hall–Kier alpha value is -1.56. The van der Waals surface area contributed by atoms with Crippen LogP contribution in [0, 0.1) is 0 Å². The average molecular weight is 237 g/mol. The van der Waals surface area contributed by atoms with E-state index >= 15 is 0 Å². The van der Waals surface area contributed by atoms with Crippen molar-refractivity contribution >= 4 is 11.6 Å². The van der Waals surface area contributed by atoms with Crippen molar-refractivity contribution in [3.63, 3.8) is 0 Å². The van der Waals surface area contributed by atoms with Gasteiger partial charge in [-0.05, 0) is 26.4 Å². The lowest BCUT2D eigenvalue weighted by Gasteiger charge is -2.19. The molecule has 1 aromatic rings. The Kier molecular flexibility index (Phi) is 3.33. The number of nitrogen functional groups attached to an aromatic ring is 1. The Morgan fingerprint density at radius 2 is 2.41 bits per heavy atom. The number of hydrogen-bond donors (Lipinski definition) is 2. The van der Waals surface area contributed by atoms with E-state index < -0.39 is 0 Å². The number of likely N-dealkylation sites (N-methyl/N-ethyl adjacent to an activating group) is 1. The fourth-order valence-electron chi connectivity index (χ4n) is 2.21. The van der Waals surface area contributed by atoms with E-state index in [1.807, 2.05) is 0 Å². The second kappa shape index (κ2) is 4.75. The van der Waals surface area contributed by atoms with E-state index in [0.29, 0.717) is 24.0 Å². The Labute approximate surface area is 101 Å². The first-order valence-electron chi connectivity index (χ1n) is 5.85. The molecular weight excluding hydrogens is 218 g/mol. The summed E-state index contributed by atoms with van der Waals surface area (Å²) in [6.07, 6.45) is 3.97. The smallest absolute Gasteiger partial charge is 0.273 e. The fourth-order valence-corrected chi connectivity index (χ4v) is 2.21. The minimum Gasteiger partial charge on any atom is -0.396 e. The van der Waals surface area contributed by atoms with Crippen LogP contribution >= 0.6 is 0 Å². The average Bonchev–Trinajstić information content (AvgIpc) is 2.81. The summed E-state index contributed by atoms with van der Waals surface area (Å²) < 4.78 is 1.55. The van der Waals surface area contributed by atoms with Crippen molar-refractivity contribution in [3.8, 4) is 0 Å². The molecule has 0 radical (unpaired) electrons. The van der Waals surface area contributed by atoms with Gasteiger partial charge in [-0.2, -0.15) is 5.10 Å². The van der Waals surface area contributed by atoms with Crippen LogP contribution in [0.1, 0.15) is 23.3 Å². The fraction of sp³-hybridized carbons (Fsp3) is 0.636. The number of aryl methyl sites for hydroxylation is 1. The topological polar surface area (TPSA) is 76.2 Å². The summed E-state index contributed by atoms with van der Waals surface area (Å²) in [4.78, 5) is 14.1. The third kappa shape index (κ3) is 2.58. The van der Waals surface area contributed by atoms with Crippen molar-refractivity contribution in [2.75, 3.05) is 25.9 Å². The molecule has 6 heteroatoms. The van der Waals surface area contributed by atoms with Gasteiger partial charge in [-0.25, -0.2) is 0 Å². The van der Waals surface area contributed by atoms with Crippen LogP contribution in [0.25, 0.3) is 0 Å². The Morgan fingerprint density at radius 3 is 2.94 bits per heavy atom. The molecule has 1 fully saturated rings. The highest BCUT2D eigenvalue weighted by molar-refractivity contribution is 5.96. The van der Waals surface area contributed by atoms with Crippen molar-refractivity contribution in [3.05, 3.63) is 11.9 Å². The van der Waals surface area contributed by atoms with Crippen molar-refractivity contribution in [1.82, 2.24) is 20.0 Å². The molecule has 2 rings (SSSR count). The molecule has 1 aliphatic heterocycles. The van der Waals surface area contributed by atoms with Gasteiger partial charge in [0.05, 0.1) is 5.69 Å². The molecule has 0 aromatic carbocycles. The van der Waals surface area contributed by atoms with E-state index in [9.17, 15) is 4.79 Å². The normalized spacial score (nSPS) is 20.7. The van der Waals surface area contributed by atoms with Gasteiger partial charge < -0.3 is 16.0 Å². The number of anilines is 1. The predicted molar refractivity (Wildman–Crippen MR) is 65.6 cm³/mol. The number of carbonyl (C=O) groups is 1. The zero-order valence-electron chi connectivity index (χ0n) is 10.3. The molecule has 1 aromatic heterocycles. The summed E-state index contributed by atoms with van der Waals surface area (Å²) in [6.45, 7) is 1.76. The van der Waals surface area contributed by atoms with Gasteiger partial charge >= 0.3 is 0 Å². The van der Waals surface area contributed by atoms with E-state index in [2.05, 4.69) is 22.4 Å². The monoisotopic (exact) mass is 237 g/mol. The summed E-state index contributed by atoms with van der Waals surface area (Å²) in [5, 5.41) is 6.93. The molecule has 1 unspecified atom stereocenters. The molecule has 0 spiro atoms. The van der Waals surface area contributed by atoms with E-state index in [4.69, 9.17) is 5.73 Å². The van der Waals surface area contributed by atoms with Crippen LogP contribution in [-0.4, -0.2) is 46.8 Å². The van der Waals surface area contributed by atoms with Crippen molar-refractivity contribution < 1.29 is 4.79 Å². The van der Waals surface area contributed by atoms with Gasteiger partial charge in [0, 0.05) is 25.8 Å². The number of nitrogens with two attached hydrogens (primary N) is 1. The lowest BCUT2D eigenvalue weighted by Crippen LogP contribution is -2.38. The molecule has 2 heterocycles. The van der Waals surface area contributed by atoms with Crippen LogP contribution in [0.5, 0.6) is 0 Å². The minimum absolute atomic E-state index is 0.191. The molecule has 1 amide bonds. The standard InChI is InChI=1S/C11H19N5O/c1-15-5-3-4-8(15)6-13-11(17)10-9(12)7-16(2)14-10/h7-8H,3-6,12H2,1-2H3,(H,13,17). The van der Waals surface area contributed by atoms with Gasteiger partial charge in [0.1, 0.15) is 0 Å². The highest BCUT2D eigenvalue weighted by atomic mass is 16.2. The number of rotatable bonds is 3. The summed E-state index contributed by atoms with van der Waals surface area (Å²) >= 11 is 0. The summed E-state index contributed by atoms with van der Waals surface area (Å²) in [5.41, 5.74) is 6.43. The Bertz CT molecular complexity index is 414.